The fraction of sp³-hybridized carbons (Fsp3) is 0.474. The topological polar surface area (TPSA) is 113 Å². The van der Waals surface area contributed by atoms with Gasteiger partial charge >= 0.3 is 12.0 Å². The van der Waals surface area contributed by atoms with Crippen molar-refractivity contribution in [3.63, 3.8) is 0 Å². The van der Waals surface area contributed by atoms with Crippen LogP contribution in [0, 0.1) is 5.92 Å². The van der Waals surface area contributed by atoms with Gasteiger partial charge < -0.3 is 20.7 Å². The Hall–Kier alpha value is -2.65. The Kier molecular flexibility index (Phi) is 7.05. The number of amides is 3. The summed E-state index contributed by atoms with van der Waals surface area (Å²) in [5.41, 5.74) is 0.987. The average molecular weight is 422 g/mol. The molecule has 1 saturated heterocycles. The van der Waals surface area contributed by atoms with E-state index in [0.717, 1.165) is 0 Å². The number of halogens is 1. The largest absolute Gasteiger partial charge is 0.463 e. The van der Waals surface area contributed by atoms with E-state index in [-0.39, 0.29) is 31.0 Å². The molecule has 3 heterocycles. The van der Waals surface area contributed by atoms with E-state index in [1.165, 1.54) is 6.20 Å². The minimum absolute atomic E-state index is 0.0685. The van der Waals surface area contributed by atoms with Crippen LogP contribution in [0.25, 0.3) is 0 Å². The lowest BCUT2D eigenvalue weighted by Crippen LogP contribution is -2.48. The lowest BCUT2D eigenvalue weighted by atomic mass is 9.95. The highest BCUT2D eigenvalue weighted by molar-refractivity contribution is 6.30. The maximum Gasteiger partial charge on any atom is 0.337 e. The second-order valence-electron chi connectivity index (χ2n) is 6.89. The first-order chi connectivity index (χ1) is 14.0. The summed E-state index contributed by atoms with van der Waals surface area (Å²) in [7, 11) is 0. The number of anilines is 1. The van der Waals surface area contributed by atoms with Gasteiger partial charge in [0.1, 0.15) is 5.82 Å². The molecule has 3 amide bonds. The number of piperidine rings is 1. The number of hydrogen-bond acceptors (Lipinski definition) is 6. The number of hydrogen-bond donors (Lipinski definition) is 3. The molecule has 0 aliphatic carbocycles. The summed E-state index contributed by atoms with van der Waals surface area (Å²) in [6.45, 7) is 3.93. The van der Waals surface area contributed by atoms with Gasteiger partial charge in [-0.3, -0.25) is 9.69 Å². The van der Waals surface area contributed by atoms with Crippen molar-refractivity contribution < 1.29 is 19.1 Å². The zero-order chi connectivity index (χ0) is 20.8. The summed E-state index contributed by atoms with van der Waals surface area (Å²) in [4.78, 5) is 42.5. The Morgan fingerprint density at radius 1 is 1.34 bits per heavy atom. The van der Waals surface area contributed by atoms with Crippen molar-refractivity contribution >= 4 is 35.3 Å². The second kappa shape index (κ2) is 9.71. The zero-order valence-corrected chi connectivity index (χ0v) is 16.9. The van der Waals surface area contributed by atoms with E-state index in [1.54, 1.807) is 19.1 Å². The van der Waals surface area contributed by atoms with Crippen molar-refractivity contribution in [2.45, 2.75) is 19.8 Å². The summed E-state index contributed by atoms with van der Waals surface area (Å²) >= 11 is 5.81. The van der Waals surface area contributed by atoms with Crippen LogP contribution >= 0.6 is 11.6 Å². The summed E-state index contributed by atoms with van der Waals surface area (Å²) in [6.07, 6.45) is 2.84. The van der Waals surface area contributed by atoms with Crippen molar-refractivity contribution in [1.29, 1.82) is 0 Å². The van der Waals surface area contributed by atoms with Gasteiger partial charge in [0, 0.05) is 24.4 Å². The Bertz CT molecular complexity index is 803. The fourth-order valence-corrected chi connectivity index (χ4v) is 3.45. The van der Waals surface area contributed by atoms with Gasteiger partial charge in [-0.1, -0.05) is 11.6 Å². The predicted octanol–water partition coefficient (Wildman–Crippen LogP) is 1.52. The SMILES string of the molecule is CCOC(=O)C1=C(CN2CCC(C(=O)Nc3ccc(Cl)cn3)CC2)NC(=O)NC1. The number of rotatable bonds is 6. The lowest BCUT2D eigenvalue weighted by Gasteiger charge is -2.33. The summed E-state index contributed by atoms with van der Waals surface area (Å²) in [5, 5.41) is 8.63. The van der Waals surface area contributed by atoms with Crippen LogP contribution < -0.4 is 16.0 Å². The molecule has 0 aromatic carbocycles. The molecule has 1 aromatic rings. The minimum Gasteiger partial charge on any atom is -0.463 e. The van der Waals surface area contributed by atoms with Crippen molar-refractivity contribution in [2.24, 2.45) is 5.92 Å². The Labute approximate surface area is 173 Å². The molecule has 3 N–H and O–H groups in total. The standard InChI is InChI=1S/C19H24ClN5O4/c1-2-29-18(27)14-10-22-19(28)23-15(14)11-25-7-5-12(6-8-25)17(26)24-16-4-3-13(20)9-21-16/h3-4,9,12H,2,5-8,10-11H2,1H3,(H,21,24,26)(H2,22,23,28). The Morgan fingerprint density at radius 2 is 2.10 bits per heavy atom. The van der Waals surface area contributed by atoms with Crippen molar-refractivity contribution in [2.75, 3.05) is 38.1 Å². The third-order valence-corrected chi connectivity index (χ3v) is 5.12. The van der Waals surface area contributed by atoms with Gasteiger partial charge in [0.25, 0.3) is 0 Å². The van der Waals surface area contributed by atoms with Crippen LogP contribution in [0.15, 0.2) is 29.6 Å². The third kappa shape index (κ3) is 5.68. The van der Waals surface area contributed by atoms with Gasteiger partial charge in [-0.25, -0.2) is 14.6 Å². The quantitative estimate of drug-likeness (QED) is 0.600. The molecule has 0 spiro atoms. The number of urea groups is 1. The van der Waals surface area contributed by atoms with Crippen molar-refractivity contribution in [3.05, 3.63) is 34.6 Å². The number of aromatic nitrogens is 1. The molecule has 9 nitrogen and oxygen atoms in total. The number of esters is 1. The molecule has 0 saturated carbocycles. The van der Waals surface area contributed by atoms with Gasteiger partial charge in [0.2, 0.25) is 5.91 Å². The first kappa shape index (κ1) is 21.1. The van der Waals surface area contributed by atoms with Gasteiger partial charge in [-0.15, -0.1) is 0 Å². The van der Waals surface area contributed by atoms with E-state index < -0.39 is 5.97 Å². The zero-order valence-electron chi connectivity index (χ0n) is 16.2. The van der Waals surface area contributed by atoms with Gasteiger partial charge in [0.05, 0.1) is 23.7 Å². The Morgan fingerprint density at radius 3 is 2.76 bits per heavy atom. The molecular formula is C19H24ClN5O4. The molecule has 156 valence electrons. The number of carbonyl (C=O) groups excluding carboxylic acids is 3. The van der Waals surface area contributed by atoms with Gasteiger partial charge in [0.15, 0.2) is 0 Å². The lowest BCUT2D eigenvalue weighted by molar-refractivity contribution is -0.138. The van der Waals surface area contributed by atoms with E-state index in [0.29, 0.717) is 54.6 Å². The normalized spacial score (nSPS) is 18.1. The van der Waals surface area contributed by atoms with E-state index in [9.17, 15) is 14.4 Å². The molecule has 0 bridgehead atoms. The van der Waals surface area contributed by atoms with E-state index in [2.05, 4.69) is 25.8 Å². The highest BCUT2D eigenvalue weighted by Crippen LogP contribution is 2.21. The van der Waals surface area contributed by atoms with Crippen LogP contribution in [0.2, 0.25) is 5.02 Å². The predicted molar refractivity (Wildman–Crippen MR) is 107 cm³/mol. The molecule has 1 aromatic heterocycles. The van der Waals surface area contributed by atoms with Crippen molar-refractivity contribution in [1.82, 2.24) is 20.5 Å². The van der Waals surface area contributed by atoms with E-state index in [4.69, 9.17) is 16.3 Å². The van der Waals surface area contributed by atoms with Gasteiger partial charge in [-0.2, -0.15) is 0 Å². The number of ether oxygens (including phenoxy) is 1. The third-order valence-electron chi connectivity index (χ3n) is 4.89. The molecule has 1 fully saturated rings. The minimum atomic E-state index is -0.431. The number of likely N-dealkylation sites (tertiary alicyclic amines) is 1. The number of pyridine rings is 1. The van der Waals surface area contributed by atoms with E-state index >= 15 is 0 Å². The fourth-order valence-electron chi connectivity index (χ4n) is 3.34. The Balaban J connectivity index is 1.55. The summed E-state index contributed by atoms with van der Waals surface area (Å²) < 4.78 is 5.07. The van der Waals surface area contributed by atoms with Crippen LogP contribution in [-0.2, 0) is 14.3 Å². The molecule has 0 unspecified atom stereocenters. The molecule has 0 radical (unpaired) electrons. The van der Waals surface area contributed by atoms with Crippen LogP contribution in [-0.4, -0.2) is 60.6 Å². The average Bonchev–Trinajstić information content (AvgIpc) is 2.70. The monoisotopic (exact) mass is 421 g/mol. The summed E-state index contributed by atoms with van der Waals surface area (Å²) in [6, 6.07) is 3.01. The maximum absolute atomic E-state index is 12.5. The first-order valence-electron chi connectivity index (χ1n) is 9.55. The maximum atomic E-state index is 12.5. The first-order valence-corrected chi connectivity index (χ1v) is 9.92. The number of nitrogens with zero attached hydrogens (tertiary/aromatic N) is 2. The number of nitrogens with one attached hydrogen (secondary N) is 3. The second-order valence-corrected chi connectivity index (χ2v) is 7.32. The van der Waals surface area contributed by atoms with Crippen LogP contribution in [0.4, 0.5) is 10.6 Å². The smallest absolute Gasteiger partial charge is 0.337 e. The van der Waals surface area contributed by atoms with Gasteiger partial charge in [-0.05, 0) is 45.0 Å². The molecule has 3 rings (SSSR count). The molecule has 0 atom stereocenters. The molecular weight excluding hydrogens is 398 g/mol. The summed E-state index contributed by atoms with van der Waals surface area (Å²) in [5.74, 6) is -0.144. The molecule has 10 heteroatoms. The molecule has 2 aliphatic rings. The molecule has 29 heavy (non-hydrogen) atoms. The highest BCUT2D eigenvalue weighted by Gasteiger charge is 2.29. The van der Waals surface area contributed by atoms with E-state index in [1.807, 2.05) is 0 Å². The van der Waals surface area contributed by atoms with Crippen molar-refractivity contribution in [3.8, 4) is 0 Å². The highest BCUT2D eigenvalue weighted by atomic mass is 35.5. The molecule has 2 aliphatic heterocycles. The van der Waals surface area contributed by atoms with Crippen LogP contribution in [0.1, 0.15) is 19.8 Å². The van der Waals surface area contributed by atoms with Crippen LogP contribution in [0.5, 0.6) is 0 Å². The van der Waals surface area contributed by atoms with Crippen LogP contribution in [0.3, 0.4) is 0 Å². The number of carbonyl (C=O) groups is 3.